The number of nitro groups is 1. The van der Waals surface area contributed by atoms with Gasteiger partial charge in [0, 0.05) is 29.3 Å². The van der Waals surface area contributed by atoms with E-state index >= 15 is 0 Å². The average molecular weight is 365 g/mol. The van der Waals surface area contributed by atoms with Crippen LogP contribution in [0.1, 0.15) is 0 Å². The zero-order chi connectivity index (χ0) is 17.1. The van der Waals surface area contributed by atoms with Gasteiger partial charge in [-0.25, -0.2) is 0 Å². The molecule has 1 amide bonds. The van der Waals surface area contributed by atoms with Gasteiger partial charge in [0.15, 0.2) is 6.61 Å². The maximum atomic E-state index is 12.5. The lowest BCUT2D eigenvalue weighted by molar-refractivity contribution is -0.384. The number of halogens is 1. The molecule has 24 heavy (non-hydrogen) atoms. The normalized spacial score (nSPS) is 13.3. The van der Waals surface area contributed by atoms with E-state index in [9.17, 15) is 14.9 Å². The van der Waals surface area contributed by atoms with E-state index < -0.39 is 4.92 Å². The van der Waals surface area contributed by atoms with Crippen molar-refractivity contribution in [2.45, 2.75) is 4.90 Å². The van der Waals surface area contributed by atoms with Crippen LogP contribution in [0.4, 0.5) is 11.4 Å². The van der Waals surface area contributed by atoms with Crippen LogP contribution < -0.4 is 9.64 Å². The summed E-state index contributed by atoms with van der Waals surface area (Å²) in [5.74, 6) is 0.883. The first-order valence-corrected chi connectivity index (χ1v) is 8.51. The van der Waals surface area contributed by atoms with Crippen LogP contribution in [-0.4, -0.2) is 29.7 Å². The molecule has 2 aromatic carbocycles. The number of hydrogen-bond acceptors (Lipinski definition) is 5. The number of rotatable bonds is 4. The number of nitro benzene ring substituents is 1. The number of thioether (sulfide) groups is 1. The number of fused-ring (bicyclic) bond motifs is 1. The monoisotopic (exact) mass is 364 g/mol. The lowest BCUT2D eigenvalue weighted by Crippen LogP contribution is -2.38. The summed E-state index contributed by atoms with van der Waals surface area (Å²) < 4.78 is 5.45. The molecule has 0 bridgehead atoms. The molecule has 1 heterocycles. The minimum atomic E-state index is -0.539. The van der Waals surface area contributed by atoms with Crippen molar-refractivity contribution in [2.24, 2.45) is 0 Å². The Labute approximate surface area is 147 Å². The SMILES string of the molecule is O=C(COc1ccc([N+](=O)[O-])cc1Cl)N1CCSc2ccccc21. The van der Waals surface area contributed by atoms with Gasteiger partial charge in [0.2, 0.25) is 0 Å². The predicted octanol–water partition coefficient (Wildman–Crippen LogP) is 3.77. The van der Waals surface area contributed by atoms with Gasteiger partial charge in [-0.3, -0.25) is 14.9 Å². The zero-order valence-electron chi connectivity index (χ0n) is 12.5. The smallest absolute Gasteiger partial charge is 0.271 e. The summed E-state index contributed by atoms with van der Waals surface area (Å²) in [6.07, 6.45) is 0. The Morgan fingerprint density at radius 3 is 2.88 bits per heavy atom. The van der Waals surface area contributed by atoms with E-state index in [-0.39, 0.29) is 29.0 Å². The number of hydrogen-bond donors (Lipinski definition) is 0. The molecule has 0 spiro atoms. The van der Waals surface area contributed by atoms with Crippen molar-refractivity contribution in [3.8, 4) is 5.75 Å². The number of non-ortho nitro benzene ring substituents is 1. The summed E-state index contributed by atoms with van der Waals surface area (Å²) in [5, 5.41) is 10.8. The van der Waals surface area contributed by atoms with Gasteiger partial charge in [-0.1, -0.05) is 23.7 Å². The fourth-order valence-electron chi connectivity index (χ4n) is 2.37. The Hall–Kier alpha value is -2.25. The molecule has 0 radical (unpaired) electrons. The van der Waals surface area contributed by atoms with Gasteiger partial charge in [-0.05, 0) is 18.2 Å². The first-order chi connectivity index (χ1) is 11.6. The van der Waals surface area contributed by atoms with Gasteiger partial charge < -0.3 is 9.64 Å². The number of amides is 1. The van der Waals surface area contributed by atoms with E-state index in [1.807, 2.05) is 24.3 Å². The molecule has 0 aromatic heterocycles. The van der Waals surface area contributed by atoms with Crippen LogP contribution in [-0.2, 0) is 4.79 Å². The van der Waals surface area contributed by atoms with E-state index in [4.69, 9.17) is 16.3 Å². The third kappa shape index (κ3) is 3.47. The summed E-state index contributed by atoms with van der Waals surface area (Å²) in [6, 6.07) is 11.6. The Morgan fingerprint density at radius 1 is 1.33 bits per heavy atom. The number of carbonyl (C=O) groups is 1. The predicted molar refractivity (Wildman–Crippen MR) is 93.1 cm³/mol. The van der Waals surface area contributed by atoms with Gasteiger partial charge in [-0.15, -0.1) is 11.8 Å². The van der Waals surface area contributed by atoms with Gasteiger partial charge in [-0.2, -0.15) is 0 Å². The Balaban J connectivity index is 1.70. The summed E-state index contributed by atoms with van der Waals surface area (Å²) in [6.45, 7) is 0.425. The Bertz CT molecular complexity index is 799. The highest BCUT2D eigenvalue weighted by atomic mass is 35.5. The fourth-order valence-corrected chi connectivity index (χ4v) is 3.59. The van der Waals surface area contributed by atoms with Crippen molar-refractivity contribution in [1.82, 2.24) is 0 Å². The molecule has 0 aliphatic carbocycles. The van der Waals surface area contributed by atoms with Crippen molar-refractivity contribution in [2.75, 3.05) is 23.8 Å². The van der Waals surface area contributed by atoms with Crippen LogP contribution in [0, 0.1) is 10.1 Å². The molecule has 1 aliphatic rings. The van der Waals surface area contributed by atoms with Gasteiger partial charge in [0.25, 0.3) is 11.6 Å². The van der Waals surface area contributed by atoms with E-state index in [2.05, 4.69) is 0 Å². The molecule has 2 aromatic rings. The Kier molecular flexibility index (Phi) is 4.92. The lowest BCUT2D eigenvalue weighted by Gasteiger charge is -2.28. The van der Waals surface area contributed by atoms with Crippen LogP contribution in [0.5, 0.6) is 5.75 Å². The van der Waals surface area contributed by atoms with Crippen LogP contribution in [0.2, 0.25) is 5.02 Å². The van der Waals surface area contributed by atoms with Crippen LogP contribution in [0.25, 0.3) is 0 Å². The highest BCUT2D eigenvalue weighted by Crippen LogP contribution is 2.34. The van der Waals surface area contributed by atoms with Crippen molar-refractivity contribution >= 4 is 40.6 Å². The molecule has 0 atom stereocenters. The van der Waals surface area contributed by atoms with Gasteiger partial charge in [0.1, 0.15) is 5.75 Å². The molecule has 0 fully saturated rings. The van der Waals surface area contributed by atoms with Crippen LogP contribution >= 0.6 is 23.4 Å². The molecule has 0 N–H and O–H groups in total. The molecule has 6 nitrogen and oxygen atoms in total. The molecule has 124 valence electrons. The molecule has 1 aliphatic heterocycles. The molecule has 0 saturated heterocycles. The number of ether oxygens (including phenoxy) is 1. The highest BCUT2D eigenvalue weighted by molar-refractivity contribution is 7.99. The number of anilines is 1. The summed E-state index contributed by atoms with van der Waals surface area (Å²) in [7, 11) is 0. The average Bonchev–Trinajstić information content (AvgIpc) is 2.59. The van der Waals surface area contributed by atoms with E-state index in [0.29, 0.717) is 6.54 Å². The first kappa shape index (κ1) is 16.6. The second kappa shape index (κ2) is 7.11. The van der Waals surface area contributed by atoms with E-state index in [1.165, 1.54) is 18.2 Å². The van der Waals surface area contributed by atoms with Crippen molar-refractivity contribution < 1.29 is 14.5 Å². The van der Waals surface area contributed by atoms with Crippen molar-refractivity contribution in [3.05, 3.63) is 57.6 Å². The molecule has 0 saturated carbocycles. The van der Waals surface area contributed by atoms with Gasteiger partial charge >= 0.3 is 0 Å². The fraction of sp³-hybridized carbons (Fsp3) is 0.188. The number of carbonyl (C=O) groups excluding carboxylic acids is 1. The topological polar surface area (TPSA) is 72.7 Å². The van der Waals surface area contributed by atoms with Crippen LogP contribution in [0.3, 0.4) is 0 Å². The minimum Gasteiger partial charge on any atom is -0.482 e. The van der Waals surface area contributed by atoms with E-state index in [0.717, 1.165) is 16.3 Å². The quantitative estimate of drug-likeness (QED) is 0.610. The van der Waals surface area contributed by atoms with Crippen molar-refractivity contribution in [1.29, 1.82) is 0 Å². The standard InChI is InChI=1S/C16H13ClN2O4S/c17-12-9-11(19(21)22)5-6-14(12)23-10-16(20)18-7-8-24-15-4-2-1-3-13(15)18/h1-6,9H,7-8,10H2. The number of nitrogens with zero attached hydrogens (tertiary/aromatic N) is 2. The third-order valence-electron chi connectivity index (χ3n) is 3.51. The summed E-state index contributed by atoms with van der Waals surface area (Å²) in [5.41, 5.74) is 0.748. The molecule has 3 rings (SSSR count). The lowest BCUT2D eigenvalue weighted by atomic mass is 10.2. The second-order valence-electron chi connectivity index (χ2n) is 5.02. The number of benzene rings is 2. The maximum absolute atomic E-state index is 12.5. The van der Waals surface area contributed by atoms with Crippen LogP contribution in [0.15, 0.2) is 47.4 Å². The molecule has 0 unspecified atom stereocenters. The summed E-state index contributed by atoms with van der Waals surface area (Å²) >= 11 is 7.68. The zero-order valence-corrected chi connectivity index (χ0v) is 14.0. The largest absolute Gasteiger partial charge is 0.482 e. The summed E-state index contributed by atoms with van der Waals surface area (Å²) in [4.78, 5) is 25.4. The van der Waals surface area contributed by atoms with E-state index in [1.54, 1.807) is 16.7 Å². The molecule has 8 heteroatoms. The highest BCUT2D eigenvalue weighted by Gasteiger charge is 2.23. The van der Waals surface area contributed by atoms with Crippen molar-refractivity contribution in [3.63, 3.8) is 0 Å². The molecular weight excluding hydrogens is 352 g/mol. The Morgan fingerprint density at radius 2 is 2.12 bits per heavy atom. The molecular formula is C16H13ClN2O4S. The third-order valence-corrected chi connectivity index (χ3v) is 4.85. The minimum absolute atomic E-state index is 0.103. The second-order valence-corrected chi connectivity index (χ2v) is 6.57. The maximum Gasteiger partial charge on any atom is 0.271 e. The number of para-hydroxylation sites is 1. The van der Waals surface area contributed by atoms with Gasteiger partial charge in [0.05, 0.1) is 15.6 Å². The first-order valence-electron chi connectivity index (χ1n) is 7.15.